The molecule has 2 atom stereocenters. The Labute approximate surface area is 251 Å². The van der Waals surface area contributed by atoms with Crippen LogP contribution in [0.3, 0.4) is 0 Å². The molecule has 4 rings (SSSR count). The molecule has 0 unspecified atom stereocenters. The molecule has 12 nitrogen and oxygen atoms in total. The lowest BCUT2D eigenvalue weighted by molar-refractivity contribution is -0.137. The first-order valence-electron chi connectivity index (χ1n) is 14.7. The number of aryl methyl sites for hydroxylation is 2. The van der Waals surface area contributed by atoms with Gasteiger partial charge in [-0.15, -0.1) is 0 Å². The number of hydrogen-bond donors (Lipinski definition) is 3. The van der Waals surface area contributed by atoms with E-state index in [0.29, 0.717) is 44.3 Å². The summed E-state index contributed by atoms with van der Waals surface area (Å²) in [5, 5.41) is 13.0. The smallest absolute Gasteiger partial charge is 0.253 e. The molecule has 0 saturated carbocycles. The van der Waals surface area contributed by atoms with Gasteiger partial charge in [-0.3, -0.25) is 28.8 Å². The molecule has 0 aliphatic carbocycles. The first-order valence-corrected chi connectivity index (χ1v) is 14.7. The van der Waals surface area contributed by atoms with Crippen LogP contribution in [0.2, 0.25) is 0 Å². The lowest BCUT2D eigenvalue weighted by Gasteiger charge is -2.30. The van der Waals surface area contributed by atoms with Crippen molar-refractivity contribution in [3.8, 4) is 0 Å². The van der Waals surface area contributed by atoms with Gasteiger partial charge in [-0.25, -0.2) is 4.98 Å². The monoisotopic (exact) mass is 588 g/mol. The summed E-state index contributed by atoms with van der Waals surface area (Å²) in [6, 6.07) is 10.1. The second-order valence-electron chi connectivity index (χ2n) is 11.2. The molecule has 2 bridgehead atoms. The van der Waals surface area contributed by atoms with Crippen LogP contribution in [0.25, 0.3) is 0 Å². The Morgan fingerprint density at radius 2 is 1.88 bits per heavy atom. The van der Waals surface area contributed by atoms with Crippen molar-refractivity contribution in [3.63, 3.8) is 0 Å². The lowest BCUT2D eigenvalue weighted by atomic mass is 10.0. The van der Waals surface area contributed by atoms with Gasteiger partial charge in [0.2, 0.25) is 17.7 Å². The van der Waals surface area contributed by atoms with Crippen molar-refractivity contribution in [2.45, 2.75) is 64.6 Å². The van der Waals surface area contributed by atoms with Crippen LogP contribution in [0.1, 0.15) is 54.6 Å². The highest BCUT2D eigenvalue weighted by Gasteiger charge is 2.29. The molecule has 3 N–H and O–H groups in total. The van der Waals surface area contributed by atoms with Gasteiger partial charge >= 0.3 is 0 Å². The van der Waals surface area contributed by atoms with Crippen LogP contribution in [-0.4, -0.2) is 80.0 Å². The highest BCUT2D eigenvalue weighted by molar-refractivity contribution is 5.97. The van der Waals surface area contributed by atoms with Gasteiger partial charge in [0, 0.05) is 38.4 Å². The van der Waals surface area contributed by atoms with Crippen molar-refractivity contribution in [2.75, 3.05) is 19.6 Å². The molecule has 1 aliphatic heterocycles. The Hall–Kier alpha value is -4.61. The molecule has 0 radical (unpaired) electrons. The molecule has 12 heteroatoms. The minimum absolute atomic E-state index is 0.125. The number of carbonyl (C=O) groups excluding carboxylic acids is 4. The van der Waals surface area contributed by atoms with Crippen molar-refractivity contribution < 1.29 is 19.2 Å². The Morgan fingerprint density at radius 3 is 2.63 bits per heavy atom. The fraction of sp³-hybridized carbons (Fsp3) is 0.452. The predicted octanol–water partition coefficient (Wildman–Crippen LogP) is 1.53. The van der Waals surface area contributed by atoms with Crippen LogP contribution in [-0.2, 0) is 33.8 Å². The molecular weight excluding hydrogens is 548 g/mol. The zero-order valence-electron chi connectivity index (χ0n) is 24.7. The molecule has 2 aromatic heterocycles. The maximum atomic E-state index is 13.7. The molecule has 0 saturated heterocycles. The second-order valence-corrected chi connectivity index (χ2v) is 11.2. The zero-order chi connectivity index (χ0) is 30.6. The maximum Gasteiger partial charge on any atom is 0.253 e. The Kier molecular flexibility index (Phi) is 11.3. The molecule has 0 spiro atoms. The van der Waals surface area contributed by atoms with Crippen LogP contribution in [0.4, 0.5) is 0 Å². The Morgan fingerprint density at radius 1 is 1.07 bits per heavy atom. The summed E-state index contributed by atoms with van der Waals surface area (Å²) in [6.07, 6.45) is 8.59. The van der Waals surface area contributed by atoms with Gasteiger partial charge < -0.3 is 20.9 Å². The number of nitrogens with one attached hydrogen (secondary N) is 3. The van der Waals surface area contributed by atoms with Crippen LogP contribution in [0.15, 0.2) is 61.4 Å². The van der Waals surface area contributed by atoms with Crippen molar-refractivity contribution in [2.24, 2.45) is 5.92 Å². The largest absolute Gasteiger partial charge is 0.355 e. The fourth-order valence-electron chi connectivity index (χ4n) is 5.03. The standard InChI is InChI=1S/C31H40N8O4/c1-22(2)29-31(43)36-26(15-23-8-4-3-5-9-23)18-38(28(41)11-7-13-39-21-33-20-35-39)19-27(40)34-12-6-10-24-14-25(17-32-16-24)30(42)37-29/h3-5,8-9,14,16-17,20-22,26,29H,6-7,10-13,15,18-19H2,1-2H3,(H,34,40)(H,36,43)(H,37,42)/t26-,29-/m1/s1. The summed E-state index contributed by atoms with van der Waals surface area (Å²) in [6.45, 7) is 4.64. The first kappa shape index (κ1) is 31.3. The van der Waals surface area contributed by atoms with Crippen LogP contribution in [0, 0.1) is 5.92 Å². The van der Waals surface area contributed by atoms with E-state index in [0.717, 1.165) is 11.1 Å². The first-order chi connectivity index (χ1) is 20.8. The van der Waals surface area contributed by atoms with Crippen LogP contribution in [0.5, 0.6) is 0 Å². The number of amides is 4. The van der Waals surface area contributed by atoms with E-state index in [9.17, 15) is 19.2 Å². The van der Waals surface area contributed by atoms with Crippen molar-refractivity contribution in [1.82, 2.24) is 40.6 Å². The van der Waals surface area contributed by atoms with Gasteiger partial charge in [0.15, 0.2) is 0 Å². The van der Waals surface area contributed by atoms with Crippen molar-refractivity contribution >= 4 is 23.6 Å². The van der Waals surface area contributed by atoms with Crippen LogP contribution >= 0.6 is 0 Å². The minimum atomic E-state index is -0.819. The third-order valence-electron chi connectivity index (χ3n) is 7.30. The number of fused-ring (bicyclic) bond motifs is 2. The van der Waals surface area contributed by atoms with Gasteiger partial charge in [-0.2, -0.15) is 5.10 Å². The molecule has 0 fully saturated rings. The highest BCUT2D eigenvalue weighted by atomic mass is 16.2. The molecule has 1 aromatic carbocycles. The van der Waals surface area contributed by atoms with Gasteiger partial charge in [-0.1, -0.05) is 44.2 Å². The van der Waals surface area contributed by atoms with Gasteiger partial charge in [0.1, 0.15) is 18.7 Å². The van der Waals surface area contributed by atoms with Crippen molar-refractivity contribution in [3.05, 3.63) is 78.1 Å². The molecule has 4 amide bonds. The van der Waals surface area contributed by atoms with Gasteiger partial charge in [0.25, 0.3) is 5.91 Å². The van der Waals surface area contributed by atoms with E-state index < -0.39 is 12.1 Å². The number of hydrogen-bond acceptors (Lipinski definition) is 7. The predicted molar refractivity (Wildman–Crippen MR) is 160 cm³/mol. The molecular formula is C31H40N8O4. The quantitative estimate of drug-likeness (QED) is 0.379. The molecule has 43 heavy (non-hydrogen) atoms. The summed E-state index contributed by atoms with van der Waals surface area (Å²) < 4.78 is 1.65. The normalized spacial score (nSPS) is 18.9. The molecule has 3 heterocycles. The summed E-state index contributed by atoms with van der Waals surface area (Å²) in [7, 11) is 0. The van der Waals surface area contributed by atoms with E-state index in [1.807, 2.05) is 44.2 Å². The Balaban J connectivity index is 1.59. The van der Waals surface area contributed by atoms with E-state index in [1.165, 1.54) is 17.4 Å². The van der Waals surface area contributed by atoms with Crippen LogP contribution < -0.4 is 16.0 Å². The topological polar surface area (TPSA) is 151 Å². The average molecular weight is 589 g/mol. The molecule has 3 aromatic rings. The van der Waals surface area contributed by atoms with E-state index in [2.05, 4.69) is 31.0 Å². The molecule has 228 valence electrons. The van der Waals surface area contributed by atoms with E-state index in [-0.39, 0.29) is 49.1 Å². The van der Waals surface area contributed by atoms with E-state index >= 15 is 0 Å². The summed E-state index contributed by atoms with van der Waals surface area (Å²) in [4.78, 5) is 63.0. The lowest BCUT2D eigenvalue weighted by Crippen LogP contribution is -2.55. The minimum Gasteiger partial charge on any atom is -0.355 e. The third-order valence-corrected chi connectivity index (χ3v) is 7.30. The number of benzene rings is 1. The highest BCUT2D eigenvalue weighted by Crippen LogP contribution is 2.12. The maximum absolute atomic E-state index is 13.7. The average Bonchev–Trinajstić information content (AvgIpc) is 3.51. The zero-order valence-corrected chi connectivity index (χ0v) is 24.7. The Bertz CT molecular complexity index is 1360. The summed E-state index contributed by atoms with van der Waals surface area (Å²) >= 11 is 0. The number of rotatable bonds is 7. The van der Waals surface area contributed by atoms with E-state index in [1.54, 1.807) is 23.3 Å². The number of nitrogens with zero attached hydrogens (tertiary/aromatic N) is 5. The third kappa shape index (κ3) is 9.73. The number of aromatic nitrogens is 4. The van der Waals surface area contributed by atoms with Crippen molar-refractivity contribution in [1.29, 1.82) is 0 Å². The number of carbonyl (C=O) groups is 4. The van der Waals surface area contributed by atoms with E-state index in [4.69, 9.17) is 0 Å². The molecule has 1 aliphatic rings. The second kappa shape index (κ2) is 15.6. The summed E-state index contributed by atoms with van der Waals surface area (Å²) in [5.41, 5.74) is 2.19. The summed E-state index contributed by atoms with van der Waals surface area (Å²) in [5.74, 6) is -1.43. The SMILES string of the molecule is CC(C)[C@H]1NC(=O)c2cncc(c2)CCCNC(=O)CN(C(=O)CCCn2cncn2)C[C@@H](Cc2ccccc2)NC1=O. The van der Waals surface area contributed by atoms with Gasteiger partial charge in [-0.05, 0) is 48.8 Å². The van der Waals surface area contributed by atoms with Gasteiger partial charge in [0.05, 0.1) is 18.2 Å². The fourth-order valence-corrected chi connectivity index (χ4v) is 5.03. The number of pyridine rings is 1.